The minimum absolute atomic E-state index is 0.0680. The molecule has 2 bridgehead atoms. The van der Waals surface area contributed by atoms with Crippen molar-refractivity contribution in [3.63, 3.8) is 0 Å². The second kappa shape index (κ2) is 12.7. The van der Waals surface area contributed by atoms with Crippen molar-refractivity contribution in [2.24, 2.45) is 0 Å². The molecule has 9 rings (SSSR count). The maximum absolute atomic E-state index is 14.2. The molecule has 0 aromatic heterocycles. The molecule has 5 aliphatic rings. The number of anilines is 1. The van der Waals surface area contributed by atoms with Gasteiger partial charge in [0.15, 0.2) is 5.71 Å². The molecule has 1 N–H and O–H groups in total. The van der Waals surface area contributed by atoms with Gasteiger partial charge in [0, 0.05) is 47.5 Å². The van der Waals surface area contributed by atoms with Crippen molar-refractivity contribution in [1.29, 1.82) is 0 Å². The first-order valence-corrected chi connectivity index (χ1v) is 19.1. The number of aliphatic hydroxyl groups is 1. The highest BCUT2D eigenvalue weighted by atomic mass is 16.3. The van der Waals surface area contributed by atoms with E-state index in [0.717, 1.165) is 37.3 Å². The number of benzene rings is 4. The Bertz CT molecular complexity index is 2160. The molecule has 1 aliphatic carbocycles. The third-order valence-electron chi connectivity index (χ3n) is 12.1. The molecule has 0 spiro atoms. The van der Waals surface area contributed by atoms with Gasteiger partial charge in [-0.15, -0.1) is 0 Å². The number of Topliss-reactive ketones (excluding diaryl/α,β-unsaturated/α-hetero) is 1. The van der Waals surface area contributed by atoms with Crippen molar-refractivity contribution in [2.75, 3.05) is 18.0 Å². The Morgan fingerprint density at radius 2 is 1.22 bits per heavy atom. The lowest BCUT2D eigenvalue weighted by Gasteiger charge is -2.29. The Balaban J connectivity index is 1.24. The first-order valence-electron chi connectivity index (χ1n) is 19.1. The van der Waals surface area contributed by atoms with E-state index in [4.69, 9.17) is 0 Å². The first-order chi connectivity index (χ1) is 24.2. The fourth-order valence-electron chi connectivity index (χ4n) is 9.41. The van der Waals surface area contributed by atoms with Crippen LogP contribution in [-0.2, 0) is 15.6 Å². The van der Waals surface area contributed by atoms with Crippen molar-refractivity contribution in [2.45, 2.75) is 103 Å². The summed E-state index contributed by atoms with van der Waals surface area (Å²) in [5, 5.41) is 16.7. The predicted octanol–water partition coefficient (Wildman–Crippen LogP) is 11.3. The Labute approximate surface area is 297 Å². The average Bonchev–Trinajstić information content (AvgIpc) is 3.47. The monoisotopic (exact) mass is 663 g/mol. The first kappa shape index (κ1) is 32.7. The van der Waals surface area contributed by atoms with Crippen LogP contribution < -0.4 is 4.90 Å². The quantitative estimate of drug-likeness (QED) is 0.190. The summed E-state index contributed by atoms with van der Waals surface area (Å²) in [6, 6.07) is 26.3. The maximum atomic E-state index is 14.2. The predicted molar refractivity (Wildman–Crippen MR) is 208 cm³/mol. The number of fused-ring (bicyclic) bond motifs is 17. The molecule has 4 heteroatoms. The smallest absolute Gasteiger partial charge is 0.210 e. The molecule has 0 unspecified atom stereocenters. The van der Waals surface area contributed by atoms with E-state index in [2.05, 4.69) is 110 Å². The molecule has 256 valence electrons. The van der Waals surface area contributed by atoms with Crippen LogP contribution in [0.1, 0.15) is 103 Å². The molecule has 0 atom stereocenters. The van der Waals surface area contributed by atoms with Crippen molar-refractivity contribution >= 4 is 44.4 Å². The summed E-state index contributed by atoms with van der Waals surface area (Å²) in [6.45, 7) is 10.9. The van der Waals surface area contributed by atoms with Crippen LogP contribution in [0.15, 0.2) is 108 Å². The number of aliphatic hydroxyl groups excluding tert-OH is 1. The van der Waals surface area contributed by atoms with E-state index < -0.39 is 0 Å². The minimum Gasteiger partial charge on any atom is -0.506 e. The van der Waals surface area contributed by atoms with Gasteiger partial charge in [0.25, 0.3) is 0 Å². The maximum Gasteiger partial charge on any atom is 0.210 e. The van der Waals surface area contributed by atoms with E-state index in [1.54, 1.807) is 0 Å². The number of allylic oxidation sites excluding steroid dienone is 5. The highest BCUT2D eigenvalue weighted by Crippen LogP contribution is 2.52. The lowest BCUT2D eigenvalue weighted by atomic mass is 9.76. The van der Waals surface area contributed by atoms with Crippen LogP contribution in [0.25, 0.3) is 21.5 Å². The molecular formula is C46H51N2O2+. The zero-order chi connectivity index (χ0) is 34.6. The van der Waals surface area contributed by atoms with Crippen LogP contribution in [-0.4, -0.2) is 34.3 Å². The Morgan fingerprint density at radius 1 is 0.640 bits per heavy atom. The van der Waals surface area contributed by atoms with E-state index in [1.165, 1.54) is 95.4 Å². The minimum atomic E-state index is -0.333. The van der Waals surface area contributed by atoms with Gasteiger partial charge in [-0.25, -0.2) is 0 Å². The fourth-order valence-corrected chi connectivity index (χ4v) is 9.41. The third kappa shape index (κ3) is 5.25. The zero-order valence-electron chi connectivity index (χ0n) is 30.3. The van der Waals surface area contributed by atoms with Crippen molar-refractivity contribution in [3.05, 3.63) is 119 Å². The van der Waals surface area contributed by atoms with Gasteiger partial charge >= 0.3 is 0 Å². The summed E-state index contributed by atoms with van der Waals surface area (Å²) in [5.41, 5.74) is 7.45. The van der Waals surface area contributed by atoms with E-state index in [0.29, 0.717) is 11.1 Å². The molecule has 4 aliphatic heterocycles. The Hall–Kier alpha value is -4.44. The molecule has 50 heavy (non-hydrogen) atoms. The Morgan fingerprint density at radius 3 is 1.88 bits per heavy atom. The van der Waals surface area contributed by atoms with Crippen molar-refractivity contribution in [3.8, 4) is 0 Å². The largest absolute Gasteiger partial charge is 0.506 e. The summed E-state index contributed by atoms with van der Waals surface area (Å²) in [4.78, 5) is 16.6. The zero-order valence-corrected chi connectivity index (χ0v) is 30.3. The topological polar surface area (TPSA) is 43.5 Å². The molecular weight excluding hydrogens is 613 g/mol. The van der Waals surface area contributed by atoms with Gasteiger partial charge in [-0.2, -0.15) is 4.58 Å². The second-order valence-corrected chi connectivity index (χ2v) is 16.0. The number of carbonyl (C=O) groups excluding carboxylic acids is 1. The normalized spacial score (nSPS) is 22.2. The van der Waals surface area contributed by atoms with Gasteiger partial charge in [0.05, 0.1) is 16.6 Å². The number of ketones is 1. The number of carbonyl (C=O) groups is 1. The van der Waals surface area contributed by atoms with Crippen LogP contribution in [0.4, 0.5) is 11.4 Å². The number of rotatable bonds is 0. The fraction of sp³-hybridized carbons (Fsp3) is 0.391. The molecule has 4 aromatic rings. The molecule has 0 radical (unpaired) electrons. The Kier molecular flexibility index (Phi) is 8.32. The van der Waals surface area contributed by atoms with Crippen LogP contribution >= 0.6 is 0 Å². The number of hydrogen-bond acceptors (Lipinski definition) is 3. The summed E-state index contributed by atoms with van der Waals surface area (Å²) in [5.74, 6) is 0.0514. The van der Waals surface area contributed by atoms with Gasteiger partial charge in [-0.05, 0) is 72.0 Å². The van der Waals surface area contributed by atoms with Gasteiger partial charge in [-0.3, -0.25) is 4.79 Å². The highest BCUT2D eigenvalue weighted by molar-refractivity contribution is 6.24. The number of hydrogen-bond donors (Lipinski definition) is 1. The third-order valence-corrected chi connectivity index (χ3v) is 12.1. The van der Waals surface area contributed by atoms with Crippen molar-refractivity contribution in [1.82, 2.24) is 0 Å². The summed E-state index contributed by atoms with van der Waals surface area (Å²) < 4.78 is 2.44. The summed E-state index contributed by atoms with van der Waals surface area (Å²) in [7, 11) is 0. The lowest BCUT2D eigenvalue weighted by molar-refractivity contribution is -0.438. The molecule has 4 nitrogen and oxygen atoms in total. The molecule has 0 saturated carbocycles. The molecule has 4 aromatic carbocycles. The second-order valence-electron chi connectivity index (χ2n) is 16.0. The van der Waals surface area contributed by atoms with Crippen LogP contribution in [0.3, 0.4) is 0 Å². The summed E-state index contributed by atoms with van der Waals surface area (Å²) >= 11 is 0. The van der Waals surface area contributed by atoms with E-state index in [1.807, 2.05) is 12.2 Å². The van der Waals surface area contributed by atoms with Crippen molar-refractivity contribution < 1.29 is 14.5 Å². The van der Waals surface area contributed by atoms with Gasteiger partial charge in [0.1, 0.15) is 12.3 Å². The van der Waals surface area contributed by atoms with Crippen LogP contribution in [0, 0.1) is 0 Å². The van der Waals surface area contributed by atoms with E-state index in [-0.39, 0.29) is 22.4 Å². The molecule has 0 fully saturated rings. The molecule has 0 amide bonds. The van der Waals surface area contributed by atoms with E-state index >= 15 is 0 Å². The van der Waals surface area contributed by atoms with E-state index in [9.17, 15) is 9.90 Å². The SMILES string of the molecule is CC1(C)C2=[N+](CCCCCCCCCCCCN3/C(=C/C4=C(O)C(=C2)C4=O)C(C)(C)c2c3ccc3ccccc23)c2ccc3ccccc3c21. The molecule has 0 saturated heterocycles. The highest BCUT2D eigenvalue weighted by Gasteiger charge is 2.48. The standard InChI is InChI=1S/C46H50N2O2/c1-45(2)39-29-35-43(49)36(44(35)50)30-40-46(3,4)42-34-22-16-14-20-32(34)24-26-38(42)48(40)28-18-12-10-8-6-5-7-9-11-17-27-47(39)37-25-23-31-19-13-15-21-33(31)41(37)45/h13-16,19-26,29-30H,5-12,17-18,27-28H2,1-4H3/p+1. The number of nitrogens with zero attached hydrogens (tertiary/aromatic N) is 2. The summed E-state index contributed by atoms with van der Waals surface area (Å²) in [6.07, 6.45) is 16.4. The van der Waals surface area contributed by atoms with Gasteiger partial charge < -0.3 is 10.0 Å². The average molecular weight is 664 g/mol. The van der Waals surface area contributed by atoms with Gasteiger partial charge in [0.2, 0.25) is 11.5 Å². The van der Waals surface area contributed by atoms with Gasteiger partial charge in [-0.1, -0.05) is 113 Å². The lowest BCUT2D eigenvalue weighted by Crippen LogP contribution is -2.32. The van der Waals surface area contributed by atoms with Crippen LogP contribution in [0.5, 0.6) is 0 Å². The molecule has 4 heterocycles. The van der Waals surface area contributed by atoms with Crippen LogP contribution in [0.2, 0.25) is 0 Å².